The van der Waals surface area contributed by atoms with Gasteiger partial charge in [-0.2, -0.15) is 0 Å². The van der Waals surface area contributed by atoms with Crippen LogP contribution in [0.25, 0.3) is 6.08 Å². The highest BCUT2D eigenvalue weighted by atomic mass is 32.1. The van der Waals surface area contributed by atoms with Crippen LogP contribution in [0.1, 0.15) is 72.1 Å². The highest BCUT2D eigenvalue weighted by molar-refractivity contribution is 7.07. The topological polar surface area (TPSA) is 97.6 Å². The maximum absolute atomic E-state index is 14.1. The third-order valence-corrected chi connectivity index (χ3v) is 7.83. The number of carbonyl (C=O) groups excluding carboxylic acids is 1. The predicted molar refractivity (Wildman–Crippen MR) is 167 cm³/mol. The summed E-state index contributed by atoms with van der Waals surface area (Å²) < 4.78 is 30.9. The van der Waals surface area contributed by atoms with Gasteiger partial charge >= 0.3 is 5.97 Å². The summed E-state index contributed by atoms with van der Waals surface area (Å²) in [6.45, 7) is 14.0. The fourth-order valence-electron chi connectivity index (χ4n) is 4.74. The van der Waals surface area contributed by atoms with Crippen LogP contribution in [0.4, 0.5) is 0 Å². The van der Waals surface area contributed by atoms with E-state index in [1.165, 1.54) is 11.3 Å². The highest BCUT2D eigenvalue weighted by Crippen LogP contribution is 2.36. The van der Waals surface area contributed by atoms with Crippen molar-refractivity contribution in [3.8, 4) is 23.0 Å². The Hall–Kier alpha value is -4.05. The van der Waals surface area contributed by atoms with E-state index < -0.39 is 12.0 Å². The maximum atomic E-state index is 14.1. The van der Waals surface area contributed by atoms with Crippen molar-refractivity contribution in [2.45, 2.75) is 73.1 Å². The Balaban J connectivity index is 1.88. The summed E-state index contributed by atoms with van der Waals surface area (Å²) in [5.41, 5.74) is 1.96. The third kappa shape index (κ3) is 6.96. The van der Waals surface area contributed by atoms with Gasteiger partial charge in [-0.15, -0.1) is 0 Å². The summed E-state index contributed by atoms with van der Waals surface area (Å²) in [5.74, 6) is 1.80. The summed E-state index contributed by atoms with van der Waals surface area (Å²) in [6, 6.07) is 10.3. The number of carbonyl (C=O) groups is 1. The standard InChI is InChI=1S/C33H40N2O7S/c1-9-20(6)42-25-14-12-22(16-27(25)39-10-2)17-28-31(36)35-30(23-13-15-24(41-19(4)5)26(18-23)38-8)29(32(37)40-11-3)21(7)34-33(35)43-28/h12-20,30H,9-11H2,1-8H3/b28-17-/t20-,30+/m1/s1. The number of hydrogen-bond acceptors (Lipinski definition) is 9. The maximum Gasteiger partial charge on any atom is 0.338 e. The smallest absolute Gasteiger partial charge is 0.338 e. The van der Waals surface area contributed by atoms with Crippen molar-refractivity contribution in [3.63, 3.8) is 0 Å². The second-order valence-electron chi connectivity index (χ2n) is 10.4. The number of thiazole rings is 1. The van der Waals surface area contributed by atoms with E-state index in [0.29, 0.717) is 55.8 Å². The van der Waals surface area contributed by atoms with Gasteiger partial charge in [0, 0.05) is 0 Å². The molecule has 4 rings (SSSR count). The van der Waals surface area contributed by atoms with Crippen molar-refractivity contribution >= 4 is 23.4 Å². The van der Waals surface area contributed by atoms with E-state index in [0.717, 1.165) is 12.0 Å². The van der Waals surface area contributed by atoms with Crippen LogP contribution < -0.4 is 33.8 Å². The second kappa shape index (κ2) is 13.9. The largest absolute Gasteiger partial charge is 0.493 e. The minimum absolute atomic E-state index is 0.0372. The molecule has 2 heterocycles. The van der Waals surface area contributed by atoms with Crippen LogP contribution in [0.15, 0.2) is 57.5 Å². The van der Waals surface area contributed by atoms with E-state index in [-0.39, 0.29) is 24.4 Å². The number of rotatable bonds is 12. The molecule has 0 saturated carbocycles. The van der Waals surface area contributed by atoms with Crippen molar-refractivity contribution in [2.75, 3.05) is 20.3 Å². The second-order valence-corrected chi connectivity index (χ2v) is 11.4. The minimum Gasteiger partial charge on any atom is -0.493 e. The van der Waals surface area contributed by atoms with Crippen molar-refractivity contribution < 1.29 is 28.5 Å². The van der Waals surface area contributed by atoms with Crippen LogP contribution >= 0.6 is 11.3 Å². The monoisotopic (exact) mass is 608 g/mol. The van der Waals surface area contributed by atoms with Gasteiger partial charge in [-0.25, -0.2) is 9.79 Å². The lowest BCUT2D eigenvalue weighted by Gasteiger charge is -2.25. The van der Waals surface area contributed by atoms with Gasteiger partial charge in [0.15, 0.2) is 27.8 Å². The Bertz CT molecular complexity index is 1690. The van der Waals surface area contributed by atoms with Gasteiger partial charge in [-0.05, 0) is 89.4 Å². The van der Waals surface area contributed by atoms with Crippen molar-refractivity contribution in [1.82, 2.24) is 4.57 Å². The van der Waals surface area contributed by atoms with Gasteiger partial charge < -0.3 is 23.7 Å². The fourth-order valence-corrected chi connectivity index (χ4v) is 5.79. The molecule has 0 fully saturated rings. The summed E-state index contributed by atoms with van der Waals surface area (Å²) in [7, 11) is 1.56. The molecule has 1 aliphatic rings. The SMILES string of the molecule is CCOC(=O)C1=C(C)N=c2s/c(=C\c3ccc(O[C@H](C)CC)c(OCC)c3)c(=O)n2[C@H]1c1ccc(OC(C)C)c(OC)c1. The molecule has 2 atom stereocenters. The summed E-state index contributed by atoms with van der Waals surface area (Å²) in [4.78, 5) is 32.5. The van der Waals surface area contributed by atoms with Crippen LogP contribution in [0, 0.1) is 0 Å². The average Bonchev–Trinajstić information content (AvgIpc) is 3.27. The lowest BCUT2D eigenvalue weighted by atomic mass is 9.95. The first-order valence-electron chi connectivity index (χ1n) is 14.6. The zero-order chi connectivity index (χ0) is 31.3. The van der Waals surface area contributed by atoms with E-state index >= 15 is 0 Å². The zero-order valence-electron chi connectivity index (χ0n) is 26.1. The molecule has 0 amide bonds. The number of esters is 1. The number of benzene rings is 2. The van der Waals surface area contributed by atoms with Crippen molar-refractivity contribution in [2.24, 2.45) is 4.99 Å². The van der Waals surface area contributed by atoms with Gasteiger partial charge in [0.05, 0.1) is 54.4 Å². The Morgan fingerprint density at radius 3 is 2.37 bits per heavy atom. The van der Waals surface area contributed by atoms with E-state index in [4.69, 9.17) is 23.7 Å². The highest BCUT2D eigenvalue weighted by Gasteiger charge is 2.34. The number of hydrogen-bond donors (Lipinski definition) is 0. The molecular weight excluding hydrogens is 568 g/mol. The van der Waals surface area contributed by atoms with Crippen molar-refractivity contribution in [3.05, 3.63) is 78.5 Å². The lowest BCUT2D eigenvalue weighted by molar-refractivity contribution is -0.139. The van der Waals surface area contributed by atoms with Crippen LogP contribution in [0.2, 0.25) is 0 Å². The number of nitrogens with zero attached hydrogens (tertiary/aromatic N) is 2. The van der Waals surface area contributed by atoms with Gasteiger partial charge in [0.2, 0.25) is 0 Å². The van der Waals surface area contributed by atoms with Gasteiger partial charge in [0.25, 0.3) is 5.56 Å². The summed E-state index contributed by atoms with van der Waals surface area (Å²) in [5, 5.41) is 0. The van der Waals surface area contributed by atoms with E-state index in [1.54, 1.807) is 43.7 Å². The van der Waals surface area contributed by atoms with Crippen LogP contribution in [-0.4, -0.2) is 43.1 Å². The molecule has 1 aromatic heterocycles. The summed E-state index contributed by atoms with van der Waals surface area (Å²) >= 11 is 1.26. The third-order valence-electron chi connectivity index (χ3n) is 6.85. The van der Waals surface area contributed by atoms with Gasteiger partial charge in [-0.1, -0.05) is 30.4 Å². The first-order chi connectivity index (χ1) is 20.6. The van der Waals surface area contributed by atoms with Crippen LogP contribution in [-0.2, 0) is 9.53 Å². The number of ether oxygens (including phenoxy) is 5. The van der Waals surface area contributed by atoms with Crippen LogP contribution in [0.5, 0.6) is 23.0 Å². The molecule has 230 valence electrons. The van der Waals surface area contributed by atoms with E-state index in [9.17, 15) is 9.59 Å². The molecule has 0 saturated heterocycles. The molecular formula is C33H40N2O7S. The molecule has 0 radical (unpaired) electrons. The van der Waals surface area contributed by atoms with Gasteiger partial charge in [-0.3, -0.25) is 9.36 Å². The minimum atomic E-state index is -0.773. The molecule has 1 aliphatic heterocycles. The lowest BCUT2D eigenvalue weighted by Crippen LogP contribution is -2.40. The molecule has 43 heavy (non-hydrogen) atoms. The normalized spacial score (nSPS) is 15.6. The van der Waals surface area contributed by atoms with Crippen molar-refractivity contribution in [1.29, 1.82) is 0 Å². The van der Waals surface area contributed by atoms with E-state index in [1.807, 2.05) is 52.0 Å². The first kappa shape index (κ1) is 31.9. The molecule has 0 aliphatic carbocycles. The number of fused-ring (bicyclic) bond motifs is 1. The zero-order valence-corrected chi connectivity index (χ0v) is 26.9. The molecule has 9 nitrogen and oxygen atoms in total. The molecule has 0 N–H and O–H groups in total. The average molecular weight is 609 g/mol. The predicted octanol–water partition coefficient (Wildman–Crippen LogP) is 5.17. The molecule has 0 unspecified atom stereocenters. The van der Waals surface area contributed by atoms with E-state index in [2.05, 4.69) is 11.9 Å². The number of aromatic nitrogens is 1. The number of methoxy groups -OCH3 is 1. The Labute approximate surface area is 256 Å². The molecule has 3 aromatic rings. The quantitative estimate of drug-likeness (QED) is 0.262. The summed E-state index contributed by atoms with van der Waals surface area (Å²) in [6.07, 6.45) is 2.64. The van der Waals surface area contributed by atoms with Gasteiger partial charge in [0.1, 0.15) is 0 Å². The Kier molecular flexibility index (Phi) is 10.3. The van der Waals surface area contributed by atoms with Crippen LogP contribution in [0.3, 0.4) is 0 Å². The number of allylic oxidation sites excluding steroid dienone is 1. The first-order valence-corrected chi connectivity index (χ1v) is 15.4. The Morgan fingerprint density at radius 1 is 1.00 bits per heavy atom. The molecule has 10 heteroatoms. The molecule has 0 spiro atoms. The molecule has 2 aromatic carbocycles. The Morgan fingerprint density at radius 2 is 1.72 bits per heavy atom. The fraction of sp³-hybridized carbons (Fsp3) is 0.424. The molecule has 0 bridgehead atoms.